The number of benzene rings is 1. The van der Waals surface area contributed by atoms with Crippen LogP contribution in [0.15, 0.2) is 31.0 Å². The Morgan fingerprint density at radius 1 is 1.24 bits per heavy atom. The number of fused-ring (bicyclic) bond motifs is 1. The first kappa shape index (κ1) is 26.0. The number of aliphatic hydroxyl groups excluding tert-OH is 1. The molecule has 4 rings (SSSR count). The Hall–Kier alpha value is -1.02. The van der Waals surface area contributed by atoms with E-state index in [4.69, 9.17) is 11.6 Å². The van der Waals surface area contributed by atoms with Crippen LogP contribution in [-0.4, -0.2) is 42.9 Å². The quantitative estimate of drug-likeness (QED) is 0.570. The Morgan fingerprint density at radius 3 is 2.72 bits per heavy atom. The lowest BCUT2D eigenvalue weighted by Gasteiger charge is -2.29. The zero-order chi connectivity index (χ0) is 18.1. The maximum Gasteiger partial charge on any atom is 0.0958 e. The van der Waals surface area contributed by atoms with Gasteiger partial charge in [-0.2, -0.15) is 0 Å². The van der Waals surface area contributed by atoms with E-state index in [0.29, 0.717) is 5.02 Å². The molecule has 10 heteroatoms. The van der Waals surface area contributed by atoms with Gasteiger partial charge in [0.1, 0.15) is 0 Å². The van der Waals surface area contributed by atoms with E-state index in [2.05, 4.69) is 19.9 Å². The molecule has 1 saturated heterocycles. The zero-order valence-corrected chi connectivity index (χ0v) is 19.3. The Morgan fingerprint density at radius 2 is 2.03 bits per heavy atom. The SMILES string of the molecule is Cl.Cl.Cl.Cn1cncc1-c1cc(Cl)cc2ncn(CCC[C@H]3NCCC[C@@H]3O)c12. The van der Waals surface area contributed by atoms with Crippen molar-refractivity contribution in [1.29, 1.82) is 0 Å². The normalized spacial score (nSPS) is 18.6. The number of aliphatic hydroxyl groups is 1. The van der Waals surface area contributed by atoms with Crippen molar-refractivity contribution in [3.05, 3.63) is 36.0 Å². The molecule has 2 atom stereocenters. The van der Waals surface area contributed by atoms with Gasteiger partial charge >= 0.3 is 0 Å². The van der Waals surface area contributed by atoms with Crippen LogP contribution in [0.3, 0.4) is 0 Å². The zero-order valence-electron chi connectivity index (χ0n) is 16.1. The van der Waals surface area contributed by atoms with E-state index in [0.717, 1.165) is 61.1 Å². The van der Waals surface area contributed by atoms with Crippen molar-refractivity contribution in [3.63, 3.8) is 0 Å². The minimum absolute atomic E-state index is 0. The first-order valence-electron chi connectivity index (χ1n) is 9.16. The minimum Gasteiger partial charge on any atom is -0.392 e. The van der Waals surface area contributed by atoms with Crippen LogP contribution in [0.5, 0.6) is 0 Å². The summed E-state index contributed by atoms with van der Waals surface area (Å²) < 4.78 is 4.17. The molecule has 6 nitrogen and oxygen atoms in total. The molecule has 2 N–H and O–H groups in total. The standard InChI is InChI=1S/C19H24ClN5O.3ClH/c1-24-11-21-10-17(24)14-8-13(20)9-16-19(14)25(12-23-16)7-3-4-15-18(26)5-2-6-22-15;;;/h8-12,15,18,22,26H,2-7H2,1H3;3*1H/t15-,18+;;;/m1.../s1. The van der Waals surface area contributed by atoms with Crippen molar-refractivity contribution in [3.8, 4) is 11.3 Å². The summed E-state index contributed by atoms with van der Waals surface area (Å²) in [6.07, 6.45) is 9.18. The molecule has 1 aliphatic heterocycles. The predicted molar refractivity (Wildman–Crippen MR) is 125 cm³/mol. The van der Waals surface area contributed by atoms with Gasteiger partial charge in [0.15, 0.2) is 0 Å². The van der Waals surface area contributed by atoms with Crippen LogP contribution in [0.2, 0.25) is 5.02 Å². The molecule has 0 amide bonds. The lowest BCUT2D eigenvalue weighted by Crippen LogP contribution is -2.44. The summed E-state index contributed by atoms with van der Waals surface area (Å²) in [6.45, 7) is 1.85. The largest absolute Gasteiger partial charge is 0.392 e. The number of rotatable bonds is 5. The molecule has 1 fully saturated rings. The van der Waals surface area contributed by atoms with Crippen LogP contribution >= 0.6 is 48.8 Å². The average molecular weight is 483 g/mol. The number of aryl methyl sites for hydroxylation is 2. The summed E-state index contributed by atoms with van der Waals surface area (Å²) >= 11 is 6.31. The number of hydrogen-bond acceptors (Lipinski definition) is 4. The summed E-state index contributed by atoms with van der Waals surface area (Å²) in [4.78, 5) is 8.78. The van der Waals surface area contributed by atoms with E-state index >= 15 is 0 Å². The Kier molecular flexibility index (Phi) is 10.2. The first-order chi connectivity index (χ1) is 12.6. The number of hydrogen-bond donors (Lipinski definition) is 2. The van der Waals surface area contributed by atoms with Crippen molar-refractivity contribution in [1.82, 2.24) is 24.4 Å². The van der Waals surface area contributed by atoms with E-state index in [-0.39, 0.29) is 49.4 Å². The Balaban J connectivity index is 0.00000140. The molecule has 3 aromatic rings. The van der Waals surface area contributed by atoms with Gasteiger partial charge in [-0.05, 0) is 44.4 Å². The van der Waals surface area contributed by atoms with E-state index in [1.54, 1.807) is 6.33 Å². The van der Waals surface area contributed by atoms with E-state index in [1.165, 1.54) is 0 Å². The molecule has 0 saturated carbocycles. The molecule has 3 heterocycles. The third-order valence-corrected chi connectivity index (χ3v) is 5.45. The molecule has 29 heavy (non-hydrogen) atoms. The average Bonchev–Trinajstić information content (AvgIpc) is 3.22. The van der Waals surface area contributed by atoms with Crippen LogP contribution in [0.4, 0.5) is 0 Å². The molecule has 0 bridgehead atoms. The van der Waals surface area contributed by atoms with Gasteiger partial charge in [0.05, 0.1) is 41.7 Å². The summed E-state index contributed by atoms with van der Waals surface area (Å²) in [6, 6.07) is 4.08. The van der Waals surface area contributed by atoms with Crippen LogP contribution in [0.1, 0.15) is 25.7 Å². The number of halogens is 4. The third kappa shape index (κ3) is 5.57. The van der Waals surface area contributed by atoms with E-state index in [9.17, 15) is 5.11 Å². The second kappa shape index (κ2) is 11.4. The van der Waals surface area contributed by atoms with E-state index < -0.39 is 0 Å². The monoisotopic (exact) mass is 481 g/mol. The third-order valence-electron chi connectivity index (χ3n) is 5.23. The number of piperidine rings is 1. The van der Waals surface area contributed by atoms with Crippen LogP contribution in [0, 0.1) is 0 Å². The smallest absolute Gasteiger partial charge is 0.0958 e. The van der Waals surface area contributed by atoms with Gasteiger partial charge in [0.2, 0.25) is 0 Å². The van der Waals surface area contributed by atoms with Crippen LogP contribution in [-0.2, 0) is 13.6 Å². The second-order valence-corrected chi connectivity index (χ2v) is 7.50. The topological polar surface area (TPSA) is 67.9 Å². The molecule has 0 aliphatic carbocycles. The lowest BCUT2D eigenvalue weighted by molar-refractivity contribution is 0.0909. The summed E-state index contributed by atoms with van der Waals surface area (Å²) in [5.41, 5.74) is 4.03. The fourth-order valence-corrected chi connectivity index (χ4v) is 4.08. The maximum absolute atomic E-state index is 10.1. The Bertz CT molecular complexity index is 913. The highest BCUT2D eigenvalue weighted by Crippen LogP contribution is 2.31. The van der Waals surface area contributed by atoms with E-state index in [1.807, 2.05) is 36.3 Å². The summed E-state index contributed by atoms with van der Waals surface area (Å²) in [5.74, 6) is 0. The highest BCUT2D eigenvalue weighted by Gasteiger charge is 2.22. The van der Waals surface area contributed by atoms with Crippen LogP contribution < -0.4 is 5.32 Å². The molecule has 2 aromatic heterocycles. The highest BCUT2D eigenvalue weighted by molar-refractivity contribution is 6.31. The molecule has 162 valence electrons. The van der Waals surface area contributed by atoms with Crippen molar-refractivity contribution in [2.45, 2.75) is 44.4 Å². The minimum atomic E-state index is -0.230. The van der Waals surface area contributed by atoms with Gasteiger partial charge < -0.3 is 19.6 Å². The number of nitrogens with one attached hydrogen (secondary N) is 1. The first-order valence-corrected chi connectivity index (χ1v) is 9.54. The number of imidazole rings is 2. The highest BCUT2D eigenvalue weighted by atomic mass is 35.5. The van der Waals surface area contributed by atoms with Gasteiger partial charge in [-0.1, -0.05) is 11.6 Å². The van der Waals surface area contributed by atoms with Gasteiger partial charge in [-0.15, -0.1) is 37.2 Å². The van der Waals surface area contributed by atoms with Crippen molar-refractivity contribution in [2.75, 3.05) is 6.54 Å². The van der Waals surface area contributed by atoms with Gasteiger partial charge in [-0.25, -0.2) is 9.97 Å². The van der Waals surface area contributed by atoms with Crippen LogP contribution in [0.25, 0.3) is 22.3 Å². The molecular weight excluding hydrogens is 456 g/mol. The number of nitrogens with zero attached hydrogens (tertiary/aromatic N) is 4. The van der Waals surface area contributed by atoms with Gasteiger partial charge in [0.25, 0.3) is 0 Å². The lowest BCUT2D eigenvalue weighted by atomic mass is 9.97. The molecule has 0 radical (unpaired) electrons. The van der Waals surface area contributed by atoms with Crippen molar-refractivity contribution in [2.24, 2.45) is 7.05 Å². The fraction of sp³-hybridized carbons (Fsp3) is 0.474. The molecular formula is C19H27Cl4N5O. The maximum atomic E-state index is 10.1. The molecule has 0 spiro atoms. The van der Waals surface area contributed by atoms with Gasteiger partial charge in [-0.3, -0.25) is 0 Å². The summed E-state index contributed by atoms with van der Waals surface area (Å²) in [7, 11) is 1.98. The van der Waals surface area contributed by atoms with Crippen molar-refractivity contribution < 1.29 is 5.11 Å². The van der Waals surface area contributed by atoms with Crippen molar-refractivity contribution >= 4 is 59.9 Å². The molecule has 0 unspecified atom stereocenters. The fourth-order valence-electron chi connectivity index (χ4n) is 3.87. The predicted octanol–water partition coefficient (Wildman–Crippen LogP) is 4.25. The second-order valence-electron chi connectivity index (χ2n) is 7.06. The van der Waals surface area contributed by atoms with Gasteiger partial charge in [0, 0.05) is 30.2 Å². The number of aromatic nitrogens is 4. The summed E-state index contributed by atoms with van der Waals surface area (Å²) in [5, 5.41) is 14.2. The molecule has 1 aliphatic rings. The Labute approximate surface area is 194 Å². The molecule has 1 aromatic carbocycles.